The highest BCUT2D eigenvalue weighted by molar-refractivity contribution is 5.91. The zero-order valence-electron chi connectivity index (χ0n) is 20.5. The molecular formula is C32H26N4O2. The normalized spacial score (nSPS) is 12.7. The summed E-state index contributed by atoms with van der Waals surface area (Å²) in [6.45, 7) is 0. The Bertz CT molecular complexity index is 1580. The van der Waals surface area contributed by atoms with E-state index >= 15 is 0 Å². The molecular weight excluding hydrogens is 472 g/mol. The number of phenols is 2. The van der Waals surface area contributed by atoms with Crippen LogP contribution in [0.25, 0.3) is 21.5 Å². The summed E-state index contributed by atoms with van der Waals surface area (Å²) in [5.41, 5.74) is 1.38. The summed E-state index contributed by atoms with van der Waals surface area (Å²) < 4.78 is 0. The third kappa shape index (κ3) is 4.44. The van der Waals surface area contributed by atoms with Gasteiger partial charge in [-0.3, -0.25) is 0 Å². The number of fused-ring (bicyclic) bond motifs is 2. The molecule has 6 heteroatoms. The number of pyridine rings is 2. The molecule has 0 saturated carbocycles. The lowest BCUT2D eigenvalue weighted by atomic mass is 9.86. The molecule has 0 aliphatic carbocycles. The molecule has 0 saturated heterocycles. The Labute approximate surface area is 220 Å². The molecule has 0 amide bonds. The molecule has 6 aromatic rings. The molecule has 0 aliphatic rings. The predicted octanol–water partition coefficient (Wildman–Crippen LogP) is 7.20. The molecule has 2 unspecified atom stereocenters. The molecule has 4 N–H and O–H groups in total. The number of nitrogens with zero attached hydrogens (tertiary/aromatic N) is 2. The van der Waals surface area contributed by atoms with E-state index in [1.54, 1.807) is 24.5 Å². The second-order valence-corrected chi connectivity index (χ2v) is 9.11. The largest absolute Gasteiger partial charge is 0.508 e. The first-order valence-corrected chi connectivity index (χ1v) is 12.5. The minimum atomic E-state index is -0.560. The van der Waals surface area contributed by atoms with Crippen molar-refractivity contribution in [3.63, 3.8) is 0 Å². The number of rotatable bonds is 7. The van der Waals surface area contributed by atoms with Crippen LogP contribution in [0.5, 0.6) is 11.5 Å². The highest BCUT2D eigenvalue weighted by Gasteiger charge is 2.32. The highest BCUT2D eigenvalue weighted by atomic mass is 16.3. The fraction of sp³-hybridized carbons (Fsp3) is 0.0625. The van der Waals surface area contributed by atoms with Gasteiger partial charge in [0.2, 0.25) is 0 Å². The first-order valence-electron chi connectivity index (χ1n) is 12.5. The van der Waals surface area contributed by atoms with Crippen LogP contribution in [-0.4, -0.2) is 20.2 Å². The summed E-state index contributed by atoms with van der Waals surface area (Å²) in [7, 11) is 0. The van der Waals surface area contributed by atoms with Gasteiger partial charge in [0.25, 0.3) is 0 Å². The van der Waals surface area contributed by atoms with Gasteiger partial charge in [-0.2, -0.15) is 0 Å². The fourth-order valence-corrected chi connectivity index (χ4v) is 5.08. The summed E-state index contributed by atoms with van der Waals surface area (Å²) in [6, 6.07) is 33.3. The smallest absolute Gasteiger partial charge is 0.126 e. The number of hydrogen-bond donors (Lipinski definition) is 4. The van der Waals surface area contributed by atoms with Gasteiger partial charge in [-0.25, -0.2) is 9.97 Å². The lowest BCUT2D eigenvalue weighted by Gasteiger charge is -2.33. The lowest BCUT2D eigenvalue weighted by molar-refractivity contribution is 0.449. The number of phenolic OH excluding ortho intramolecular Hbond substituents is 2. The second kappa shape index (κ2) is 10.1. The van der Waals surface area contributed by atoms with E-state index in [-0.39, 0.29) is 11.5 Å². The average Bonchev–Trinajstić information content (AvgIpc) is 2.96. The third-order valence-electron chi connectivity index (χ3n) is 6.79. The van der Waals surface area contributed by atoms with E-state index in [2.05, 4.69) is 20.6 Å². The quantitative estimate of drug-likeness (QED) is 0.186. The van der Waals surface area contributed by atoms with Crippen molar-refractivity contribution in [1.82, 2.24) is 9.97 Å². The van der Waals surface area contributed by atoms with E-state index in [0.717, 1.165) is 21.5 Å². The number of aromatic hydroxyl groups is 2. The Morgan fingerprint density at radius 1 is 0.474 bits per heavy atom. The van der Waals surface area contributed by atoms with E-state index in [9.17, 15) is 10.2 Å². The van der Waals surface area contributed by atoms with Crippen molar-refractivity contribution in [3.8, 4) is 11.5 Å². The second-order valence-electron chi connectivity index (χ2n) is 9.11. The van der Waals surface area contributed by atoms with Crippen LogP contribution in [0.1, 0.15) is 23.2 Å². The Hall–Kier alpha value is -5.10. The van der Waals surface area contributed by atoms with Crippen LogP contribution in [0.3, 0.4) is 0 Å². The maximum atomic E-state index is 11.3. The van der Waals surface area contributed by atoms with Gasteiger partial charge in [0.1, 0.15) is 23.1 Å². The Kier molecular flexibility index (Phi) is 6.20. The molecule has 0 bridgehead atoms. The minimum Gasteiger partial charge on any atom is -0.508 e. The molecule has 38 heavy (non-hydrogen) atoms. The number of hydrogen-bond acceptors (Lipinski definition) is 6. The summed E-state index contributed by atoms with van der Waals surface area (Å²) in [4.78, 5) is 9.05. The average molecular weight is 499 g/mol. The van der Waals surface area contributed by atoms with E-state index in [1.165, 1.54) is 0 Å². The van der Waals surface area contributed by atoms with Crippen molar-refractivity contribution in [3.05, 3.63) is 133 Å². The maximum absolute atomic E-state index is 11.3. The Morgan fingerprint density at radius 2 is 0.895 bits per heavy atom. The Morgan fingerprint density at radius 3 is 1.32 bits per heavy atom. The molecule has 4 aromatic carbocycles. The molecule has 2 atom stereocenters. The minimum absolute atomic E-state index is 0.143. The van der Waals surface area contributed by atoms with Crippen molar-refractivity contribution < 1.29 is 10.2 Å². The van der Waals surface area contributed by atoms with Crippen molar-refractivity contribution in [2.24, 2.45) is 0 Å². The van der Waals surface area contributed by atoms with Crippen molar-refractivity contribution in [2.45, 2.75) is 12.1 Å². The molecule has 6 rings (SSSR count). The van der Waals surface area contributed by atoms with Gasteiger partial charge in [-0.05, 0) is 57.9 Å². The molecule has 2 aromatic heterocycles. The van der Waals surface area contributed by atoms with Crippen LogP contribution in [0.15, 0.2) is 122 Å². The Balaban J connectivity index is 1.64. The summed E-state index contributed by atoms with van der Waals surface area (Å²) in [6.07, 6.45) is 3.44. The lowest BCUT2D eigenvalue weighted by Crippen LogP contribution is -2.27. The van der Waals surface area contributed by atoms with Gasteiger partial charge < -0.3 is 20.8 Å². The van der Waals surface area contributed by atoms with E-state index < -0.39 is 12.1 Å². The molecule has 2 heterocycles. The molecule has 0 spiro atoms. The molecule has 6 nitrogen and oxygen atoms in total. The van der Waals surface area contributed by atoms with Crippen molar-refractivity contribution >= 4 is 33.2 Å². The van der Waals surface area contributed by atoms with E-state index in [0.29, 0.717) is 22.8 Å². The first-order chi connectivity index (χ1) is 18.7. The van der Waals surface area contributed by atoms with Gasteiger partial charge in [0, 0.05) is 23.5 Å². The van der Waals surface area contributed by atoms with Gasteiger partial charge in [0.15, 0.2) is 0 Å². The molecule has 186 valence electrons. The maximum Gasteiger partial charge on any atom is 0.126 e. The number of nitrogens with one attached hydrogen (secondary N) is 2. The number of benzene rings is 4. The zero-order chi connectivity index (χ0) is 25.9. The van der Waals surface area contributed by atoms with Gasteiger partial charge in [-0.15, -0.1) is 0 Å². The van der Waals surface area contributed by atoms with Gasteiger partial charge in [0.05, 0.1) is 12.1 Å². The van der Waals surface area contributed by atoms with Crippen molar-refractivity contribution in [1.29, 1.82) is 0 Å². The SMILES string of the molecule is Oc1ccc2ccccc2c1C(Nc1ccccn1)C(Nc1ccccn1)c1c(O)ccc2ccccc12. The molecule has 0 aliphatic heterocycles. The highest BCUT2D eigenvalue weighted by Crippen LogP contribution is 2.45. The fourth-order valence-electron chi connectivity index (χ4n) is 5.08. The van der Waals surface area contributed by atoms with E-state index in [1.807, 2.05) is 97.1 Å². The van der Waals surface area contributed by atoms with Gasteiger partial charge >= 0.3 is 0 Å². The first kappa shape index (κ1) is 23.3. The summed E-state index contributed by atoms with van der Waals surface area (Å²) >= 11 is 0. The van der Waals surface area contributed by atoms with Crippen LogP contribution in [-0.2, 0) is 0 Å². The monoisotopic (exact) mass is 498 g/mol. The van der Waals surface area contributed by atoms with Crippen LogP contribution in [0.2, 0.25) is 0 Å². The van der Waals surface area contributed by atoms with Crippen LogP contribution >= 0.6 is 0 Å². The topological polar surface area (TPSA) is 90.3 Å². The van der Waals surface area contributed by atoms with Crippen LogP contribution in [0.4, 0.5) is 11.6 Å². The third-order valence-corrected chi connectivity index (χ3v) is 6.79. The van der Waals surface area contributed by atoms with Crippen molar-refractivity contribution in [2.75, 3.05) is 10.6 Å². The number of anilines is 2. The zero-order valence-corrected chi connectivity index (χ0v) is 20.5. The number of aromatic nitrogens is 2. The summed E-state index contributed by atoms with van der Waals surface area (Å²) in [5.74, 6) is 1.56. The summed E-state index contributed by atoms with van der Waals surface area (Å²) in [5, 5.41) is 33.6. The van der Waals surface area contributed by atoms with E-state index in [4.69, 9.17) is 0 Å². The molecule has 0 radical (unpaired) electrons. The van der Waals surface area contributed by atoms with Crippen LogP contribution < -0.4 is 10.6 Å². The molecule has 0 fully saturated rings. The predicted molar refractivity (Wildman–Crippen MR) is 152 cm³/mol. The van der Waals surface area contributed by atoms with Crippen LogP contribution in [0, 0.1) is 0 Å². The standard InChI is InChI=1S/C32H26N4O2/c37-25-17-15-21-9-1-3-11-23(21)29(25)31(35-27-13-5-7-19-33-27)32(36-28-14-6-8-20-34-28)30-24-12-4-2-10-22(24)16-18-26(30)38/h1-20,31-32,37-38H,(H,33,35)(H,34,36). The van der Waals surface area contributed by atoms with Gasteiger partial charge in [-0.1, -0.05) is 72.8 Å².